The number of nitrogens with zero attached hydrogens (tertiary/aromatic N) is 1. The van der Waals surface area contributed by atoms with Crippen LogP contribution in [-0.4, -0.2) is 10.1 Å². The van der Waals surface area contributed by atoms with Crippen molar-refractivity contribution >= 4 is 0 Å². The molecule has 0 radical (unpaired) electrons. The standard InChI is InChI=1S/C18H20FNO/c19-16-13-20-12-9-15(16)17(21)18(10-5-2-6-11-18)14-7-3-1-4-8-14/h1,3-4,7-9,12-13,17,21H,2,5-6,10-11H2. The Balaban J connectivity index is 2.06. The van der Waals surface area contributed by atoms with Crippen molar-refractivity contribution in [2.24, 2.45) is 0 Å². The van der Waals surface area contributed by atoms with Crippen molar-refractivity contribution < 1.29 is 9.50 Å². The third-order valence-corrected chi connectivity index (χ3v) is 4.72. The van der Waals surface area contributed by atoms with E-state index in [0.29, 0.717) is 5.56 Å². The second-order valence-corrected chi connectivity index (χ2v) is 5.88. The van der Waals surface area contributed by atoms with Crippen LogP contribution in [0.5, 0.6) is 0 Å². The molecule has 1 fully saturated rings. The Kier molecular flexibility index (Phi) is 4.02. The van der Waals surface area contributed by atoms with Crippen molar-refractivity contribution in [1.82, 2.24) is 4.98 Å². The average molecular weight is 285 g/mol. The number of hydrogen-bond acceptors (Lipinski definition) is 2. The van der Waals surface area contributed by atoms with Crippen LogP contribution in [0.2, 0.25) is 0 Å². The zero-order chi connectivity index (χ0) is 14.7. The van der Waals surface area contributed by atoms with Crippen LogP contribution in [-0.2, 0) is 5.41 Å². The van der Waals surface area contributed by atoms with Gasteiger partial charge in [0.1, 0.15) is 5.82 Å². The molecule has 1 heterocycles. The van der Waals surface area contributed by atoms with E-state index in [-0.39, 0.29) is 5.41 Å². The van der Waals surface area contributed by atoms with E-state index in [2.05, 4.69) is 4.98 Å². The fourth-order valence-electron chi connectivity index (χ4n) is 3.58. The first-order valence-corrected chi connectivity index (χ1v) is 7.57. The number of benzene rings is 1. The highest BCUT2D eigenvalue weighted by molar-refractivity contribution is 5.32. The van der Waals surface area contributed by atoms with Gasteiger partial charge in [-0.1, -0.05) is 49.6 Å². The second kappa shape index (κ2) is 5.94. The summed E-state index contributed by atoms with van der Waals surface area (Å²) in [6.07, 6.45) is 6.99. The van der Waals surface area contributed by atoms with Crippen molar-refractivity contribution in [3.63, 3.8) is 0 Å². The van der Waals surface area contributed by atoms with Gasteiger partial charge in [-0.15, -0.1) is 0 Å². The highest BCUT2D eigenvalue weighted by Gasteiger charge is 2.42. The fourth-order valence-corrected chi connectivity index (χ4v) is 3.58. The van der Waals surface area contributed by atoms with Crippen LogP contribution in [0.25, 0.3) is 0 Å². The first-order valence-electron chi connectivity index (χ1n) is 7.57. The minimum absolute atomic E-state index is 0.357. The number of aliphatic hydroxyl groups excluding tert-OH is 1. The molecule has 1 unspecified atom stereocenters. The molecule has 3 heteroatoms. The van der Waals surface area contributed by atoms with E-state index in [1.165, 1.54) is 12.6 Å². The van der Waals surface area contributed by atoms with E-state index >= 15 is 0 Å². The van der Waals surface area contributed by atoms with E-state index in [9.17, 15) is 9.50 Å². The second-order valence-electron chi connectivity index (χ2n) is 5.88. The molecule has 1 atom stereocenters. The number of aliphatic hydroxyl groups is 1. The number of rotatable bonds is 3. The summed E-state index contributed by atoms with van der Waals surface area (Å²) in [6.45, 7) is 0. The Morgan fingerprint density at radius 2 is 1.76 bits per heavy atom. The quantitative estimate of drug-likeness (QED) is 0.918. The molecule has 1 aromatic heterocycles. The largest absolute Gasteiger partial charge is 0.387 e. The third kappa shape index (κ3) is 2.58. The lowest BCUT2D eigenvalue weighted by Crippen LogP contribution is -2.36. The maximum Gasteiger partial charge on any atom is 0.147 e. The van der Waals surface area contributed by atoms with Gasteiger partial charge in [-0.25, -0.2) is 4.39 Å². The van der Waals surface area contributed by atoms with E-state index in [4.69, 9.17) is 0 Å². The molecular formula is C18H20FNO. The topological polar surface area (TPSA) is 33.1 Å². The molecule has 0 aliphatic heterocycles. The van der Waals surface area contributed by atoms with Crippen LogP contribution in [0, 0.1) is 5.82 Å². The van der Waals surface area contributed by atoms with E-state index < -0.39 is 11.9 Å². The minimum Gasteiger partial charge on any atom is -0.387 e. The van der Waals surface area contributed by atoms with Crippen molar-refractivity contribution in [3.05, 3.63) is 65.7 Å². The fraction of sp³-hybridized carbons (Fsp3) is 0.389. The van der Waals surface area contributed by atoms with Crippen LogP contribution < -0.4 is 0 Å². The molecular weight excluding hydrogens is 265 g/mol. The van der Waals surface area contributed by atoms with Crippen molar-refractivity contribution in [3.8, 4) is 0 Å². The molecule has 0 spiro atoms. The molecule has 0 saturated heterocycles. The first-order chi connectivity index (χ1) is 10.2. The van der Waals surface area contributed by atoms with Crippen LogP contribution in [0.4, 0.5) is 4.39 Å². The van der Waals surface area contributed by atoms with Crippen molar-refractivity contribution in [2.75, 3.05) is 0 Å². The van der Waals surface area contributed by atoms with Gasteiger partial charge in [-0.3, -0.25) is 4.98 Å². The molecule has 1 aliphatic rings. The van der Waals surface area contributed by atoms with Crippen LogP contribution in [0.1, 0.15) is 49.3 Å². The van der Waals surface area contributed by atoms with E-state index in [0.717, 1.165) is 31.2 Å². The normalized spacial score (nSPS) is 19.1. The smallest absolute Gasteiger partial charge is 0.147 e. The van der Waals surface area contributed by atoms with Gasteiger partial charge in [0.15, 0.2) is 0 Å². The predicted molar refractivity (Wildman–Crippen MR) is 80.4 cm³/mol. The lowest BCUT2D eigenvalue weighted by Gasteiger charge is -2.42. The monoisotopic (exact) mass is 285 g/mol. The lowest BCUT2D eigenvalue weighted by molar-refractivity contribution is 0.0499. The Morgan fingerprint density at radius 3 is 2.43 bits per heavy atom. The van der Waals surface area contributed by atoms with Crippen molar-refractivity contribution in [2.45, 2.75) is 43.6 Å². The molecule has 21 heavy (non-hydrogen) atoms. The first kappa shape index (κ1) is 14.2. The Morgan fingerprint density at radius 1 is 1.05 bits per heavy atom. The summed E-state index contributed by atoms with van der Waals surface area (Å²) in [6, 6.07) is 11.6. The van der Waals surface area contributed by atoms with Gasteiger partial charge in [-0.2, -0.15) is 0 Å². The molecule has 1 aliphatic carbocycles. The molecule has 2 aromatic rings. The summed E-state index contributed by atoms with van der Waals surface area (Å²) < 4.78 is 14.1. The summed E-state index contributed by atoms with van der Waals surface area (Å²) in [4.78, 5) is 3.78. The van der Waals surface area contributed by atoms with Gasteiger partial charge in [0.25, 0.3) is 0 Å². The molecule has 2 nitrogen and oxygen atoms in total. The van der Waals surface area contributed by atoms with Gasteiger partial charge >= 0.3 is 0 Å². The Hall–Kier alpha value is -1.74. The van der Waals surface area contributed by atoms with E-state index in [1.54, 1.807) is 12.3 Å². The molecule has 110 valence electrons. The van der Waals surface area contributed by atoms with Gasteiger partial charge < -0.3 is 5.11 Å². The molecule has 1 N–H and O–H groups in total. The lowest BCUT2D eigenvalue weighted by atomic mass is 9.64. The average Bonchev–Trinajstić information content (AvgIpc) is 2.56. The molecule has 1 aromatic carbocycles. The summed E-state index contributed by atoms with van der Waals surface area (Å²) in [7, 11) is 0. The summed E-state index contributed by atoms with van der Waals surface area (Å²) in [5, 5.41) is 11.0. The summed E-state index contributed by atoms with van der Waals surface area (Å²) in [5.41, 5.74) is 1.07. The highest BCUT2D eigenvalue weighted by Crippen LogP contribution is 2.48. The van der Waals surface area contributed by atoms with Gasteiger partial charge in [0.2, 0.25) is 0 Å². The number of halogens is 1. The van der Waals surface area contributed by atoms with Crippen LogP contribution in [0.15, 0.2) is 48.8 Å². The molecule has 1 saturated carbocycles. The zero-order valence-electron chi connectivity index (χ0n) is 12.0. The SMILES string of the molecule is OC(c1ccncc1F)C1(c2ccccc2)CCCCC1. The number of aromatic nitrogens is 1. The predicted octanol–water partition coefficient (Wildman–Crippen LogP) is 4.16. The zero-order valence-corrected chi connectivity index (χ0v) is 12.0. The summed E-state index contributed by atoms with van der Waals surface area (Å²) in [5.74, 6) is -0.425. The van der Waals surface area contributed by atoms with Gasteiger partial charge in [-0.05, 0) is 24.5 Å². The Labute approximate surface area is 124 Å². The maximum absolute atomic E-state index is 14.1. The number of pyridine rings is 1. The van der Waals surface area contributed by atoms with Crippen molar-refractivity contribution in [1.29, 1.82) is 0 Å². The molecule has 3 rings (SSSR count). The summed E-state index contributed by atoms with van der Waals surface area (Å²) >= 11 is 0. The number of hydrogen-bond donors (Lipinski definition) is 1. The highest BCUT2D eigenvalue weighted by atomic mass is 19.1. The maximum atomic E-state index is 14.1. The molecule has 0 amide bonds. The Bertz CT molecular complexity index is 593. The minimum atomic E-state index is -0.830. The molecule has 0 bridgehead atoms. The third-order valence-electron chi connectivity index (χ3n) is 4.72. The van der Waals surface area contributed by atoms with Gasteiger partial charge in [0, 0.05) is 17.2 Å². The van der Waals surface area contributed by atoms with Crippen LogP contribution >= 0.6 is 0 Å². The van der Waals surface area contributed by atoms with Gasteiger partial charge in [0.05, 0.1) is 12.3 Å². The van der Waals surface area contributed by atoms with Crippen LogP contribution in [0.3, 0.4) is 0 Å². The van der Waals surface area contributed by atoms with E-state index in [1.807, 2.05) is 30.3 Å².